The van der Waals surface area contributed by atoms with Crippen LogP contribution in [0.5, 0.6) is 0 Å². The van der Waals surface area contributed by atoms with Crippen LogP contribution in [0.25, 0.3) is 0 Å². The molecule has 1 amide bonds. The fourth-order valence-corrected chi connectivity index (χ4v) is 3.08. The van der Waals surface area contributed by atoms with Gasteiger partial charge in [0, 0.05) is 19.0 Å². The first-order valence-corrected chi connectivity index (χ1v) is 6.67. The lowest BCUT2D eigenvalue weighted by Gasteiger charge is -2.22. The van der Waals surface area contributed by atoms with E-state index in [-0.39, 0.29) is 12.4 Å². The van der Waals surface area contributed by atoms with Crippen molar-refractivity contribution in [1.29, 1.82) is 0 Å². The van der Waals surface area contributed by atoms with Crippen LogP contribution in [-0.2, 0) is 4.79 Å². The summed E-state index contributed by atoms with van der Waals surface area (Å²) in [5, 5.41) is 3.36. The molecule has 3 atom stereocenters. The molecule has 2 saturated heterocycles. The number of likely N-dealkylation sites (tertiary alicyclic amines) is 1. The van der Waals surface area contributed by atoms with Gasteiger partial charge >= 0.3 is 0 Å². The first-order chi connectivity index (χ1) is 7.66. The average molecular weight is 261 g/mol. The third-order valence-electron chi connectivity index (χ3n) is 4.03. The van der Waals surface area contributed by atoms with E-state index in [4.69, 9.17) is 0 Å². The molecule has 0 aliphatic carbocycles. The average Bonchev–Trinajstić information content (AvgIpc) is 2.84. The van der Waals surface area contributed by atoms with Crippen molar-refractivity contribution in [3.8, 4) is 0 Å². The van der Waals surface area contributed by atoms with Gasteiger partial charge in [0.1, 0.15) is 0 Å². The maximum atomic E-state index is 12.1. The Labute approximate surface area is 111 Å². The van der Waals surface area contributed by atoms with E-state index in [9.17, 15) is 4.79 Å². The minimum atomic E-state index is 0. The summed E-state index contributed by atoms with van der Waals surface area (Å²) in [6, 6.07) is 0.462. The number of hydrogen-bond acceptors (Lipinski definition) is 2. The van der Waals surface area contributed by atoms with Crippen molar-refractivity contribution < 1.29 is 4.79 Å². The molecule has 0 saturated carbocycles. The van der Waals surface area contributed by atoms with Crippen LogP contribution in [0.2, 0.25) is 0 Å². The highest BCUT2D eigenvalue weighted by molar-refractivity contribution is 5.85. The van der Waals surface area contributed by atoms with Gasteiger partial charge in [-0.1, -0.05) is 6.92 Å². The highest BCUT2D eigenvalue weighted by Gasteiger charge is 2.29. The molecule has 3 unspecified atom stereocenters. The van der Waals surface area contributed by atoms with Gasteiger partial charge in [-0.3, -0.25) is 4.79 Å². The van der Waals surface area contributed by atoms with Gasteiger partial charge in [-0.15, -0.1) is 12.4 Å². The zero-order valence-electron chi connectivity index (χ0n) is 10.9. The van der Waals surface area contributed by atoms with E-state index in [1.54, 1.807) is 0 Å². The van der Waals surface area contributed by atoms with Gasteiger partial charge in [-0.05, 0) is 51.1 Å². The normalized spacial score (nSPS) is 32.6. The van der Waals surface area contributed by atoms with Gasteiger partial charge in [0.15, 0.2) is 0 Å². The highest BCUT2D eigenvalue weighted by atomic mass is 35.5. The number of nitrogens with one attached hydrogen (secondary N) is 1. The molecule has 2 aliphatic rings. The summed E-state index contributed by atoms with van der Waals surface area (Å²) in [4.78, 5) is 14.2. The first-order valence-electron chi connectivity index (χ1n) is 6.67. The Balaban J connectivity index is 0.00000144. The van der Waals surface area contributed by atoms with Crippen LogP contribution in [0.1, 0.15) is 39.5 Å². The number of carbonyl (C=O) groups excluding carboxylic acids is 1. The molecule has 0 bridgehead atoms. The van der Waals surface area contributed by atoms with Crippen LogP contribution >= 0.6 is 12.4 Å². The van der Waals surface area contributed by atoms with Crippen molar-refractivity contribution in [3.63, 3.8) is 0 Å². The van der Waals surface area contributed by atoms with Crippen LogP contribution in [0, 0.1) is 11.8 Å². The molecule has 0 aromatic rings. The largest absolute Gasteiger partial charge is 0.340 e. The number of halogens is 1. The van der Waals surface area contributed by atoms with Crippen LogP contribution in [0.15, 0.2) is 0 Å². The summed E-state index contributed by atoms with van der Waals surface area (Å²) >= 11 is 0. The molecule has 2 heterocycles. The monoisotopic (exact) mass is 260 g/mol. The van der Waals surface area contributed by atoms with Gasteiger partial charge in [0.05, 0.1) is 0 Å². The van der Waals surface area contributed by atoms with Crippen molar-refractivity contribution >= 4 is 18.3 Å². The van der Waals surface area contributed by atoms with Gasteiger partial charge in [-0.2, -0.15) is 0 Å². The predicted octanol–water partition coefficient (Wildman–Crippen LogP) is 2.05. The number of nitrogens with zero attached hydrogens (tertiary/aromatic N) is 1. The third kappa shape index (κ3) is 3.85. The second-order valence-electron chi connectivity index (χ2n) is 5.63. The second kappa shape index (κ2) is 6.60. The number of hydrogen-bond donors (Lipinski definition) is 1. The zero-order chi connectivity index (χ0) is 11.5. The molecule has 4 heteroatoms. The number of carbonyl (C=O) groups is 1. The fourth-order valence-electron chi connectivity index (χ4n) is 3.08. The summed E-state index contributed by atoms with van der Waals surface area (Å²) in [5.41, 5.74) is 0. The first kappa shape index (κ1) is 14.8. The van der Waals surface area contributed by atoms with E-state index >= 15 is 0 Å². The second-order valence-corrected chi connectivity index (χ2v) is 5.63. The summed E-state index contributed by atoms with van der Waals surface area (Å²) in [5.74, 6) is 1.80. The molecule has 1 N–H and O–H groups in total. The van der Waals surface area contributed by atoms with Crippen LogP contribution in [0.3, 0.4) is 0 Å². The van der Waals surface area contributed by atoms with Gasteiger partial charge in [0.2, 0.25) is 5.91 Å². The number of amides is 1. The standard InChI is InChI=1S/C13H24N2O.ClH/c1-10-7-11(2)15(9-10)13(16)4-3-12-5-6-14-8-12;/h10-12,14H,3-9H2,1-2H3;1H. The van der Waals surface area contributed by atoms with Crippen LogP contribution in [-0.4, -0.2) is 36.5 Å². The lowest BCUT2D eigenvalue weighted by Crippen LogP contribution is -2.34. The summed E-state index contributed by atoms with van der Waals surface area (Å²) in [6.07, 6.45) is 4.25. The zero-order valence-corrected chi connectivity index (χ0v) is 11.8. The molecular formula is C13H25ClN2O. The molecular weight excluding hydrogens is 236 g/mol. The Morgan fingerprint density at radius 1 is 1.41 bits per heavy atom. The minimum Gasteiger partial charge on any atom is -0.340 e. The fraction of sp³-hybridized carbons (Fsp3) is 0.923. The van der Waals surface area contributed by atoms with Crippen LogP contribution < -0.4 is 5.32 Å². The van der Waals surface area contributed by atoms with Gasteiger partial charge in [0.25, 0.3) is 0 Å². The molecule has 2 rings (SSSR count). The quantitative estimate of drug-likeness (QED) is 0.843. The third-order valence-corrected chi connectivity index (χ3v) is 4.03. The Bertz CT molecular complexity index is 254. The number of rotatable bonds is 3. The minimum absolute atomic E-state index is 0. The molecule has 0 spiro atoms. The Morgan fingerprint density at radius 3 is 2.71 bits per heavy atom. The lowest BCUT2D eigenvalue weighted by molar-refractivity contribution is -0.132. The van der Waals surface area contributed by atoms with E-state index in [0.717, 1.165) is 38.4 Å². The summed E-state index contributed by atoms with van der Waals surface area (Å²) in [6.45, 7) is 7.64. The molecule has 2 aliphatic heterocycles. The topological polar surface area (TPSA) is 32.3 Å². The van der Waals surface area contributed by atoms with Crippen molar-refractivity contribution in [1.82, 2.24) is 10.2 Å². The van der Waals surface area contributed by atoms with E-state index in [2.05, 4.69) is 24.1 Å². The molecule has 0 aromatic heterocycles. The maximum Gasteiger partial charge on any atom is 0.222 e. The Hall–Kier alpha value is -0.280. The van der Waals surface area contributed by atoms with E-state index in [0.29, 0.717) is 17.9 Å². The van der Waals surface area contributed by atoms with E-state index in [1.165, 1.54) is 12.8 Å². The molecule has 100 valence electrons. The van der Waals surface area contributed by atoms with Crippen LogP contribution in [0.4, 0.5) is 0 Å². The van der Waals surface area contributed by atoms with Crippen molar-refractivity contribution in [2.75, 3.05) is 19.6 Å². The van der Waals surface area contributed by atoms with Gasteiger partial charge in [-0.25, -0.2) is 0 Å². The Morgan fingerprint density at radius 2 is 2.18 bits per heavy atom. The van der Waals surface area contributed by atoms with Gasteiger partial charge < -0.3 is 10.2 Å². The lowest BCUT2D eigenvalue weighted by atomic mass is 10.0. The molecule has 3 nitrogen and oxygen atoms in total. The van der Waals surface area contributed by atoms with Crippen molar-refractivity contribution in [2.24, 2.45) is 11.8 Å². The molecule has 17 heavy (non-hydrogen) atoms. The predicted molar refractivity (Wildman–Crippen MR) is 72.4 cm³/mol. The smallest absolute Gasteiger partial charge is 0.222 e. The Kier molecular flexibility index (Phi) is 5.74. The van der Waals surface area contributed by atoms with E-state index in [1.807, 2.05) is 0 Å². The maximum absolute atomic E-state index is 12.1. The molecule has 0 radical (unpaired) electrons. The highest BCUT2D eigenvalue weighted by Crippen LogP contribution is 2.24. The molecule has 2 fully saturated rings. The SMILES string of the molecule is CC1CC(C)N(C(=O)CCC2CCNC2)C1.Cl. The molecule has 0 aromatic carbocycles. The summed E-state index contributed by atoms with van der Waals surface area (Å²) in [7, 11) is 0. The van der Waals surface area contributed by atoms with E-state index < -0.39 is 0 Å². The van der Waals surface area contributed by atoms with Crippen molar-refractivity contribution in [3.05, 3.63) is 0 Å². The summed E-state index contributed by atoms with van der Waals surface area (Å²) < 4.78 is 0. The van der Waals surface area contributed by atoms with Crippen molar-refractivity contribution in [2.45, 2.75) is 45.6 Å².